The highest BCUT2D eigenvalue weighted by atomic mass is 16.5. The largest absolute Gasteiger partial charge is 0.493 e. The fraction of sp³-hybridized carbons (Fsp3) is 0.200. The van der Waals surface area contributed by atoms with Crippen molar-refractivity contribution in [2.45, 2.75) is 6.42 Å². The fourth-order valence-corrected chi connectivity index (χ4v) is 1.80. The van der Waals surface area contributed by atoms with Crippen LogP contribution in [0.15, 0.2) is 30.6 Å². The van der Waals surface area contributed by atoms with E-state index in [0.29, 0.717) is 0 Å². The maximum absolute atomic E-state index is 5.46. The molecular formula is C10H9NO. The van der Waals surface area contributed by atoms with Gasteiger partial charge < -0.3 is 9.14 Å². The number of ether oxygens (including phenoxy) is 1. The van der Waals surface area contributed by atoms with Crippen molar-refractivity contribution in [2.75, 3.05) is 6.61 Å². The van der Waals surface area contributed by atoms with Crippen LogP contribution in [0, 0.1) is 0 Å². The lowest BCUT2D eigenvalue weighted by molar-refractivity contribution is 0.356. The summed E-state index contributed by atoms with van der Waals surface area (Å²) in [7, 11) is 0. The Morgan fingerprint density at radius 1 is 1.25 bits per heavy atom. The van der Waals surface area contributed by atoms with Crippen LogP contribution in [0.25, 0.3) is 5.52 Å². The monoisotopic (exact) mass is 159 g/mol. The third-order valence-electron chi connectivity index (χ3n) is 2.38. The smallest absolute Gasteiger partial charge is 0.126 e. The third kappa shape index (κ3) is 0.644. The van der Waals surface area contributed by atoms with Gasteiger partial charge in [-0.3, -0.25) is 0 Å². The van der Waals surface area contributed by atoms with E-state index >= 15 is 0 Å². The molecule has 3 rings (SSSR count). The van der Waals surface area contributed by atoms with Gasteiger partial charge in [-0.25, -0.2) is 0 Å². The van der Waals surface area contributed by atoms with Crippen LogP contribution < -0.4 is 4.74 Å². The van der Waals surface area contributed by atoms with E-state index in [1.807, 2.05) is 12.3 Å². The van der Waals surface area contributed by atoms with Gasteiger partial charge in [-0.05, 0) is 18.2 Å². The Kier molecular flexibility index (Phi) is 1.04. The highest BCUT2D eigenvalue weighted by molar-refractivity contribution is 5.62. The zero-order chi connectivity index (χ0) is 7.97. The number of pyridine rings is 1. The van der Waals surface area contributed by atoms with Gasteiger partial charge in [0.15, 0.2) is 0 Å². The van der Waals surface area contributed by atoms with E-state index in [2.05, 4.69) is 22.7 Å². The van der Waals surface area contributed by atoms with Crippen LogP contribution in [0.2, 0.25) is 0 Å². The number of fused-ring (bicyclic) bond motifs is 3. The number of hydrogen-bond acceptors (Lipinski definition) is 1. The summed E-state index contributed by atoms with van der Waals surface area (Å²) >= 11 is 0. The second kappa shape index (κ2) is 2.03. The molecule has 12 heavy (non-hydrogen) atoms. The molecule has 2 aromatic rings. The summed E-state index contributed by atoms with van der Waals surface area (Å²) in [5.74, 6) is 1.06. The molecule has 0 amide bonds. The lowest BCUT2D eigenvalue weighted by Gasteiger charge is -2.00. The average Bonchev–Trinajstić information content (AvgIpc) is 2.71. The van der Waals surface area contributed by atoms with Crippen molar-refractivity contribution in [2.24, 2.45) is 0 Å². The normalized spacial score (nSPS) is 14.7. The molecule has 2 heteroatoms. The van der Waals surface area contributed by atoms with Crippen molar-refractivity contribution in [3.63, 3.8) is 0 Å². The van der Waals surface area contributed by atoms with E-state index in [0.717, 1.165) is 18.8 Å². The molecule has 60 valence electrons. The van der Waals surface area contributed by atoms with Crippen LogP contribution in [0.3, 0.4) is 0 Å². The number of rotatable bonds is 0. The van der Waals surface area contributed by atoms with Crippen molar-refractivity contribution in [3.8, 4) is 5.75 Å². The van der Waals surface area contributed by atoms with Gasteiger partial charge in [0.1, 0.15) is 5.75 Å². The molecule has 3 heterocycles. The Balaban J connectivity index is 2.46. The summed E-state index contributed by atoms with van der Waals surface area (Å²) < 4.78 is 7.60. The average molecular weight is 159 g/mol. The SMILES string of the molecule is c1cc2c3c(ccn2c1)OCC3. The van der Waals surface area contributed by atoms with Crippen molar-refractivity contribution in [1.29, 1.82) is 0 Å². The Morgan fingerprint density at radius 2 is 2.25 bits per heavy atom. The molecule has 0 saturated heterocycles. The Labute approximate surface area is 70.4 Å². The quantitative estimate of drug-likeness (QED) is 0.572. The number of nitrogens with zero attached hydrogens (tertiary/aromatic N) is 1. The van der Waals surface area contributed by atoms with Gasteiger partial charge in [-0.2, -0.15) is 0 Å². The van der Waals surface area contributed by atoms with Crippen molar-refractivity contribution < 1.29 is 4.74 Å². The van der Waals surface area contributed by atoms with E-state index < -0.39 is 0 Å². The molecule has 0 unspecified atom stereocenters. The van der Waals surface area contributed by atoms with E-state index in [-0.39, 0.29) is 0 Å². The summed E-state index contributed by atoms with van der Waals surface area (Å²) in [6.07, 6.45) is 5.15. The predicted octanol–water partition coefficient (Wildman–Crippen LogP) is 1.87. The molecule has 0 aliphatic carbocycles. The Morgan fingerprint density at radius 3 is 3.25 bits per heavy atom. The molecule has 0 spiro atoms. The standard InChI is InChI=1S/C10H9NO/c1-2-9-8-4-7-12-10(8)3-6-11(9)5-1/h1-3,5-6H,4,7H2. The molecule has 1 aliphatic rings. The Hall–Kier alpha value is -1.44. The van der Waals surface area contributed by atoms with E-state index in [1.54, 1.807) is 0 Å². The molecule has 2 nitrogen and oxygen atoms in total. The first-order valence-corrected chi connectivity index (χ1v) is 4.16. The molecule has 0 fully saturated rings. The zero-order valence-corrected chi connectivity index (χ0v) is 6.66. The van der Waals surface area contributed by atoms with Crippen LogP contribution >= 0.6 is 0 Å². The molecule has 1 aliphatic heterocycles. The molecule has 2 aromatic heterocycles. The maximum Gasteiger partial charge on any atom is 0.126 e. The molecular weight excluding hydrogens is 150 g/mol. The molecule has 0 atom stereocenters. The summed E-state index contributed by atoms with van der Waals surface area (Å²) in [4.78, 5) is 0. The molecule has 0 bridgehead atoms. The lowest BCUT2D eigenvalue weighted by Crippen LogP contribution is -1.86. The minimum Gasteiger partial charge on any atom is -0.493 e. The van der Waals surface area contributed by atoms with Gasteiger partial charge in [0, 0.05) is 24.4 Å². The maximum atomic E-state index is 5.46. The van der Waals surface area contributed by atoms with Gasteiger partial charge in [0.05, 0.1) is 12.1 Å². The zero-order valence-electron chi connectivity index (χ0n) is 6.66. The summed E-state index contributed by atoms with van der Waals surface area (Å²) in [5, 5.41) is 0. The Bertz CT molecular complexity index is 430. The number of hydrogen-bond donors (Lipinski definition) is 0. The van der Waals surface area contributed by atoms with Crippen LogP contribution in [-0.4, -0.2) is 11.0 Å². The van der Waals surface area contributed by atoms with E-state index in [1.165, 1.54) is 11.1 Å². The first-order chi connectivity index (χ1) is 5.95. The van der Waals surface area contributed by atoms with Crippen LogP contribution in [-0.2, 0) is 6.42 Å². The van der Waals surface area contributed by atoms with Gasteiger partial charge in [0.25, 0.3) is 0 Å². The topological polar surface area (TPSA) is 13.6 Å². The van der Waals surface area contributed by atoms with E-state index in [4.69, 9.17) is 4.74 Å². The summed E-state index contributed by atoms with van der Waals surface area (Å²) in [6.45, 7) is 0.834. The first kappa shape index (κ1) is 6.12. The van der Waals surface area contributed by atoms with Crippen LogP contribution in [0.1, 0.15) is 5.56 Å². The second-order valence-electron chi connectivity index (χ2n) is 3.06. The molecule has 0 aromatic carbocycles. The van der Waals surface area contributed by atoms with Crippen LogP contribution in [0.5, 0.6) is 5.75 Å². The second-order valence-corrected chi connectivity index (χ2v) is 3.06. The van der Waals surface area contributed by atoms with Crippen LogP contribution in [0.4, 0.5) is 0 Å². The lowest BCUT2D eigenvalue weighted by atomic mass is 10.2. The van der Waals surface area contributed by atoms with Crippen molar-refractivity contribution in [1.82, 2.24) is 4.40 Å². The molecule has 0 N–H and O–H groups in total. The first-order valence-electron chi connectivity index (χ1n) is 4.16. The summed E-state index contributed by atoms with van der Waals surface area (Å²) in [6, 6.07) is 6.23. The fourth-order valence-electron chi connectivity index (χ4n) is 1.80. The molecule has 0 saturated carbocycles. The third-order valence-corrected chi connectivity index (χ3v) is 2.38. The van der Waals surface area contributed by atoms with Crippen molar-refractivity contribution in [3.05, 3.63) is 36.2 Å². The highest BCUT2D eigenvalue weighted by Crippen LogP contribution is 2.28. The predicted molar refractivity (Wildman–Crippen MR) is 46.6 cm³/mol. The van der Waals surface area contributed by atoms with Gasteiger partial charge in [-0.1, -0.05) is 0 Å². The van der Waals surface area contributed by atoms with Gasteiger partial charge >= 0.3 is 0 Å². The van der Waals surface area contributed by atoms with Crippen molar-refractivity contribution >= 4 is 5.52 Å². The highest BCUT2D eigenvalue weighted by Gasteiger charge is 2.14. The minimum absolute atomic E-state index is 0.834. The van der Waals surface area contributed by atoms with E-state index in [9.17, 15) is 0 Å². The van der Waals surface area contributed by atoms with Gasteiger partial charge in [0.2, 0.25) is 0 Å². The minimum atomic E-state index is 0.834. The summed E-state index contributed by atoms with van der Waals surface area (Å²) in [5.41, 5.74) is 2.63. The van der Waals surface area contributed by atoms with Gasteiger partial charge in [-0.15, -0.1) is 0 Å². The number of aromatic nitrogens is 1. The molecule has 0 radical (unpaired) electrons.